The second-order valence-electron chi connectivity index (χ2n) is 5.16. The van der Waals surface area contributed by atoms with Crippen LogP contribution in [0.2, 0.25) is 0 Å². The average molecular weight is 398 g/mol. The fourth-order valence-electron chi connectivity index (χ4n) is 1.64. The van der Waals surface area contributed by atoms with Crippen LogP contribution in [0, 0.1) is 0 Å². The maximum atomic E-state index is 13.1. The first-order valence-corrected chi connectivity index (χ1v) is 8.78. The lowest BCUT2D eigenvalue weighted by Crippen LogP contribution is -2.29. The number of amides is 2. The molecule has 0 spiro atoms. The van der Waals surface area contributed by atoms with Crippen LogP contribution in [0.1, 0.15) is 0 Å². The van der Waals surface area contributed by atoms with E-state index < -0.39 is 18.7 Å². The molecule has 2 amide bonds. The van der Waals surface area contributed by atoms with Crippen molar-refractivity contribution >= 4 is 12.3 Å². The van der Waals surface area contributed by atoms with Crippen molar-refractivity contribution in [3.63, 3.8) is 0 Å². The monoisotopic (exact) mass is 398 g/mol. The first kappa shape index (κ1) is 25.6. The molecule has 0 heterocycles. The Morgan fingerprint density at radius 2 is 1.37 bits per heavy atom. The van der Waals surface area contributed by atoms with Crippen molar-refractivity contribution in [2.75, 3.05) is 85.8 Å². The lowest BCUT2D eigenvalue weighted by Gasteiger charge is -2.09. The van der Waals surface area contributed by atoms with Crippen molar-refractivity contribution in [3.8, 4) is 0 Å². The van der Waals surface area contributed by atoms with Crippen LogP contribution in [-0.2, 0) is 33.3 Å². The summed E-state index contributed by atoms with van der Waals surface area (Å²) in [6.07, 6.45) is -0.782. The fraction of sp³-hybridized carbons (Fsp3) is 0.875. The minimum Gasteiger partial charge on any atom is -0.387 e. The molecule has 0 radical (unpaired) electrons. The zero-order chi connectivity index (χ0) is 20.0. The Balaban J connectivity index is 3.09. The van der Waals surface area contributed by atoms with Crippen molar-refractivity contribution in [2.24, 2.45) is 0 Å². The van der Waals surface area contributed by atoms with E-state index in [9.17, 15) is 14.0 Å². The quantitative estimate of drug-likeness (QED) is 0.154. The van der Waals surface area contributed by atoms with Gasteiger partial charge in [0.05, 0.1) is 72.6 Å². The summed E-state index contributed by atoms with van der Waals surface area (Å²) in [5, 5.41) is 13.2. The molecule has 1 unspecified atom stereocenters. The van der Waals surface area contributed by atoms with E-state index in [2.05, 4.69) is 10.6 Å². The lowest BCUT2D eigenvalue weighted by atomic mass is 10.4. The third-order valence-corrected chi connectivity index (χ3v) is 2.92. The van der Waals surface area contributed by atoms with E-state index in [4.69, 9.17) is 28.8 Å². The first-order chi connectivity index (χ1) is 13.2. The molecule has 0 aliphatic heterocycles. The molecule has 1 atom stereocenters. The third-order valence-electron chi connectivity index (χ3n) is 2.92. The van der Waals surface area contributed by atoms with Gasteiger partial charge in [-0.05, 0) is 0 Å². The molecule has 0 aliphatic carbocycles. The van der Waals surface area contributed by atoms with Gasteiger partial charge < -0.3 is 39.4 Å². The molecule has 160 valence electrons. The Labute approximate surface area is 158 Å². The molecule has 0 saturated carbocycles. The van der Waals surface area contributed by atoms with Crippen LogP contribution in [0.25, 0.3) is 0 Å². The number of nitrogens with one attached hydrogen (secondary N) is 2. The lowest BCUT2D eigenvalue weighted by molar-refractivity contribution is -0.124. The molecule has 0 saturated heterocycles. The van der Waals surface area contributed by atoms with Gasteiger partial charge in [0.15, 0.2) is 0 Å². The highest BCUT2D eigenvalue weighted by Crippen LogP contribution is 1.90. The number of ether oxygens (including phenoxy) is 5. The summed E-state index contributed by atoms with van der Waals surface area (Å²) in [5.41, 5.74) is 0. The van der Waals surface area contributed by atoms with Crippen LogP contribution >= 0.6 is 0 Å². The van der Waals surface area contributed by atoms with Gasteiger partial charge in [-0.1, -0.05) is 0 Å². The van der Waals surface area contributed by atoms with Gasteiger partial charge in [0, 0.05) is 6.54 Å². The maximum absolute atomic E-state index is 13.1. The summed E-state index contributed by atoms with van der Waals surface area (Å²) < 4.78 is 39.2. The standard InChI is InChI=1S/C16H31FN2O8/c17-15(11-18-14-21)13-27-10-9-26-8-7-25-6-5-24-4-3-23-2-1-19-16(22)12-20/h14-15,20H,1-13H2,(H,18,21)(H,19,22). The molecule has 11 heteroatoms. The third kappa shape index (κ3) is 20.8. The van der Waals surface area contributed by atoms with Crippen LogP contribution in [0.15, 0.2) is 0 Å². The number of rotatable bonds is 21. The van der Waals surface area contributed by atoms with Gasteiger partial charge in [-0.15, -0.1) is 0 Å². The number of aliphatic hydroxyl groups excluding tert-OH is 1. The Morgan fingerprint density at radius 3 is 1.85 bits per heavy atom. The number of carbonyl (C=O) groups excluding carboxylic acids is 2. The van der Waals surface area contributed by atoms with Crippen molar-refractivity contribution in [2.45, 2.75) is 6.17 Å². The summed E-state index contributed by atoms with van der Waals surface area (Å²) in [4.78, 5) is 20.7. The predicted octanol–water partition coefficient (Wildman–Crippen LogP) is -1.74. The highest BCUT2D eigenvalue weighted by Gasteiger charge is 2.04. The van der Waals surface area contributed by atoms with E-state index in [1.54, 1.807) is 0 Å². The van der Waals surface area contributed by atoms with Crippen molar-refractivity contribution < 1.29 is 42.8 Å². The van der Waals surface area contributed by atoms with E-state index in [0.29, 0.717) is 65.8 Å². The van der Waals surface area contributed by atoms with E-state index in [0.717, 1.165) is 0 Å². The van der Waals surface area contributed by atoms with Crippen molar-refractivity contribution in [1.82, 2.24) is 10.6 Å². The summed E-state index contributed by atoms with van der Waals surface area (Å²) in [7, 11) is 0. The van der Waals surface area contributed by atoms with E-state index in [1.807, 2.05) is 0 Å². The molecular formula is C16H31FN2O8. The molecular weight excluding hydrogens is 367 g/mol. The molecule has 0 aromatic carbocycles. The molecule has 0 rings (SSSR count). The number of hydrogen-bond donors (Lipinski definition) is 3. The van der Waals surface area contributed by atoms with E-state index in [-0.39, 0.29) is 19.8 Å². The number of hydrogen-bond acceptors (Lipinski definition) is 8. The number of aliphatic hydroxyl groups is 1. The predicted molar refractivity (Wildman–Crippen MR) is 93.2 cm³/mol. The number of alkyl halides is 1. The largest absolute Gasteiger partial charge is 0.387 e. The SMILES string of the molecule is O=CNCC(F)COCCOCCOCCOCCOCCNC(=O)CO. The van der Waals surface area contributed by atoms with Crippen LogP contribution in [0.3, 0.4) is 0 Å². The second kappa shape index (κ2) is 20.9. The van der Waals surface area contributed by atoms with Gasteiger partial charge in [-0.25, -0.2) is 4.39 Å². The van der Waals surface area contributed by atoms with Gasteiger partial charge in [-0.2, -0.15) is 0 Å². The molecule has 10 nitrogen and oxygen atoms in total. The Morgan fingerprint density at radius 1 is 0.889 bits per heavy atom. The number of halogens is 1. The normalized spacial score (nSPS) is 11.9. The van der Waals surface area contributed by atoms with Gasteiger partial charge in [0.25, 0.3) is 0 Å². The summed E-state index contributed by atoms with van der Waals surface area (Å²) in [5.74, 6) is -0.430. The smallest absolute Gasteiger partial charge is 0.245 e. The first-order valence-electron chi connectivity index (χ1n) is 8.78. The minimum absolute atomic E-state index is 0.0603. The number of carbonyl (C=O) groups is 2. The van der Waals surface area contributed by atoms with Crippen molar-refractivity contribution in [3.05, 3.63) is 0 Å². The Kier molecular flexibility index (Phi) is 19.9. The van der Waals surface area contributed by atoms with Crippen LogP contribution in [0.5, 0.6) is 0 Å². The fourth-order valence-corrected chi connectivity index (χ4v) is 1.64. The topological polar surface area (TPSA) is 125 Å². The summed E-state index contributed by atoms with van der Waals surface area (Å²) in [6, 6.07) is 0. The molecule has 0 aromatic heterocycles. The Hall–Kier alpha value is -1.37. The van der Waals surface area contributed by atoms with Crippen LogP contribution in [0.4, 0.5) is 4.39 Å². The molecule has 0 aliphatic rings. The zero-order valence-corrected chi connectivity index (χ0v) is 15.5. The van der Waals surface area contributed by atoms with Crippen LogP contribution < -0.4 is 10.6 Å². The van der Waals surface area contributed by atoms with Crippen molar-refractivity contribution in [1.29, 1.82) is 0 Å². The Bertz CT molecular complexity index is 352. The van der Waals surface area contributed by atoms with E-state index in [1.165, 1.54) is 0 Å². The molecule has 0 fully saturated rings. The highest BCUT2D eigenvalue weighted by molar-refractivity contribution is 5.76. The zero-order valence-electron chi connectivity index (χ0n) is 15.5. The molecule has 3 N–H and O–H groups in total. The molecule has 0 bridgehead atoms. The average Bonchev–Trinajstić information content (AvgIpc) is 2.68. The molecule has 27 heavy (non-hydrogen) atoms. The summed E-state index contributed by atoms with van der Waals surface area (Å²) in [6.45, 7) is 3.15. The van der Waals surface area contributed by atoms with Gasteiger partial charge in [-0.3, -0.25) is 9.59 Å². The maximum Gasteiger partial charge on any atom is 0.245 e. The van der Waals surface area contributed by atoms with Crippen LogP contribution in [-0.4, -0.2) is 109 Å². The van der Waals surface area contributed by atoms with Gasteiger partial charge >= 0.3 is 0 Å². The minimum atomic E-state index is -1.23. The second-order valence-corrected chi connectivity index (χ2v) is 5.16. The van der Waals surface area contributed by atoms with Gasteiger partial charge in [0.1, 0.15) is 12.8 Å². The molecule has 0 aromatic rings. The summed E-state index contributed by atoms with van der Waals surface area (Å²) >= 11 is 0. The van der Waals surface area contributed by atoms with Gasteiger partial charge in [0.2, 0.25) is 12.3 Å². The highest BCUT2D eigenvalue weighted by atomic mass is 19.1. The van der Waals surface area contributed by atoms with E-state index >= 15 is 0 Å².